The van der Waals surface area contributed by atoms with E-state index in [1.165, 1.54) is 5.56 Å². The number of aromatic nitrogens is 2. The Bertz CT molecular complexity index is 421. The number of hydrogen-bond acceptors (Lipinski definition) is 4. The molecule has 0 bridgehead atoms. The van der Waals surface area contributed by atoms with Crippen LogP contribution in [0.5, 0.6) is 0 Å². The zero-order valence-corrected chi connectivity index (χ0v) is 10.1. The fourth-order valence-corrected chi connectivity index (χ4v) is 2.25. The smallest absolute Gasteiger partial charge is 0.185 e. The van der Waals surface area contributed by atoms with Crippen LogP contribution in [-0.2, 0) is 13.0 Å². The summed E-state index contributed by atoms with van der Waals surface area (Å²) in [5.41, 5.74) is 6.88. The van der Waals surface area contributed by atoms with E-state index < -0.39 is 0 Å². The van der Waals surface area contributed by atoms with Gasteiger partial charge in [0.25, 0.3) is 0 Å². The van der Waals surface area contributed by atoms with Gasteiger partial charge in [-0.25, -0.2) is 4.98 Å². The van der Waals surface area contributed by atoms with Gasteiger partial charge >= 0.3 is 0 Å². The Morgan fingerprint density at radius 2 is 2.44 bits per heavy atom. The Hall–Kier alpha value is -1.33. The Balaban J connectivity index is 1.90. The molecule has 0 amide bonds. The van der Waals surface area contributed by atoms with Gasteiger partial charge in [0.2, 0.25) is 0 Å². The third-order valence-electron chi connectivity index (χ3n) is 2.47. The molecule has 0 aliphatic heterocycles. The number of H-pyrrole nitrogens is 1. The first-order valence-electron chi connectivity index (χ1n) is 5.27. The molecule has 4 nitrogen and oxygen atoms in total. The average molecular weight is 236 g/mol. The average Bonchev–Trinajstić information content (AvgIpc) is 2.96. The van der Waals surface area contributed by atoms with Crippen LogP contribution < -0.4 is 10.6 Å². The summed E-state index contributed by atoms with van der Waals surface area (Å²) >= 11 is 1.66. The predicted molar refractivity (Wildman–Crippen MR) is 67.8 cm³/mol. The van der Waals surface area contributed by atoms with Crippen LogP contribution in [0, 0.1) is 0 Å². The van der Waals surface area contributed by atoms with Crippen molar-refractivity contribution in [1.29, 1.82) is 0 Å². The minimum atomic E-state index is 0.573. The molecular weight excluding hydrogens is 220 g/mol. The number of hydrogen-bond donors (Lipinski definition) is 2. The molecule has 2 aromatic rings. The molecule has 2 heterocycles. The van der Waals surface area contributed by atoms with E-state index in [4.69, 9.17) is 5.73 Å². The first kappa shape index (κ1) is 11.2. The zero-order valence-electron chi connectivity index (χ0n) is 9.31. The maximum Gasteiger partial charge on any atom is 0.185 e. The Morgan fingerprint density at radius 1 is 1.56 bits per heavy atom. The second kappa shape index (κ2) is 5.14. The Morgan fingerprint density at radius 3 is 3.06 bits per heavy atom. The fraction of sp³-hybridized carbons (Fsp3) is 0.364. The lowest BCUT2D eigenvalue weighted by atomic mass is 10.2. The SMILES string of the molecule is CN(CCc1cc[nH]c1)c1ncc(CN)s1. The lowest BCUT2D eigenvalue weighted by Crippen LogP contribution is -2.19. The molecule has 5 heteroatoms. The van der Waals surface area contributed by atoms with Crippen molar-refractivity contribution < 1.29 is 0 Å². The van der Waals surface area contributed by atoms with E-state index >= 15 is 0 Å². The summed E-state index contributed by atoms with van der Waals surface area (Å²) in [5.74, 6) is 0. The summed E-state index contributed by atoms with van der Waals surface area (Å²) in [6.07, 6.45) is 6.86. The summed E-state index contributed by atoms with van der Waals surface area (Å²) in [6, 6.07) is 2.10. The van der Waals surface area contributed by atoms with E-state index in [0.717, 1.165) is 23.0 Å². The number of likely N-dealkylation sites (N-methyl/N-ethyl adjacent to an activating group) is 1. The van der Waals surface area contributed by atoms with Crippen molar-refractivity contribution in [3.8, 4) is 0 Å². The quantitative estimate of drug-likeness (QED) is 0.829. The van der Waals surface area contributed by atoms with E-state index in [1.54, 1.807) is 11.3 Å². The monoisotopic (exact) mass is 236 g/mol. The van der Waals surface area contributed by atoms with Gasteiger partial charge in [-0.2, -0.15) is 0 Å². The van der Waals surface area contributed by atoms with Crippen molar-refractivity contribution in [3.05, 3.63) is 35.1 Å². The Kier molecular flexibility index (Phi) is 3.58. The number of thiazole rings is 1. The van der Waals surface area contributed by atoms with Crippen molar-refractivity contribution in [2.75, 3.05) is 18.5 Å². The van der Waals surface area contributed by atoms with E-state index in [2.05, 4.69) is 28.0 Å². The van der Waals surface area contributed by atoms with Gasteiger partial charge in [0.05, 0.1) is 0 Å². The van der Waals surface area contributed by atoms with Crippen LogP contribution in [0.2, 0.25) is 0 Å². The van der Waals surface area contributed by atoms with Gasteiger partial charge < -0.3 is 15.6 Å². The molecule has 16 heavy (non-hydrogen) atoms. The predicted octanol–water partition coefficient (Wildman–Crippen LogP) is 1.61. The highest BCUT2D eigenvalue weighted by molar-refractivity contribution is 7.15. The molecule has 0 radical (unpaired) electrons. The number of nitrogens with zero attached hydrogens (tertiary/aromatic N) is 2. The summed E-state index contributed by atoms with van der Waals surface area (Å²) in [7, 11) is 2.06. The van der Waals surface area contributed by atoms with Gasteiger partial charge in [0, 0.05) is 43.6 Å². The number of rotatable bonds is 5. The van der Waals surface area contributed by atoms with E-state index in [0.29, 0.717) is 6.54 Å². The van der Waals surface area contributed by atoms with Gasteiger partial charge in [0.1, 0.15) is 0 Å². The maximum atomic E-state index is 5.56. The van der Waals surface area contributed by atoms with Gasteiger partial charge in [-0.15, -0.1) is 11.3 Å². The van der Waals surface area contributed by atoms with Crippen molar-refractivity contribution >= 4 is 16.5 Å². The molecule has 0 aromatic carbocycles. The summed E-state index contributed by atoms with van der Waals surface area (Å²) < 4.78 is 0. The molecule has 0 atom stereocenters. The highest BCUT2D eigenvalue weighted by atomic mass is 32.1. The van der Waals surface area contributed by atoms with Crippen molar-refractivity contribution in [3.63, 3.8) is 0 Å². The molecule has 2 aromatic heterocycles. The zero-order chi connectivity index (χ0) is 11.4. The first-order valence-corrected chi connectivity index (χ1v) is 6.09. The number of nitrogens with one attached hydrogen (secondary N) is 1. The Labute approximate surface area is 99.1 Å². The molecule has 0 spiro atoms. The third kappa shape index (κ3) is 2.62. The lowest BCUT2D eigenvalue weighted by molar-refractivity contribution is 0.872. The molecule has 0 saturated carbocycles. The summed E-state index contributed by atoms with van der Waals surface area (Å²) in [5, 5.41) is 1.04. The lowest BCUT2D eigenvalue weighted by Gasteiger charge is -2.14. The molecule has 0 aliphatic rings. The second-order valence-corrected chi connectivity index (χ2v) is 4.80. The third-order valence-corrected chi connectivity index (χ3v) is 3.60. The number of anilines is 1. The number of nitrogens with two attached hydrogens (primary N) is 1. The minimum absolute atomic E-state index is 0.573. The molecule has 0 aliphatic carbocycles. The minimum Gasteiger partial charge on any atom is -0.367 e. The van der Waals surface area contributed by atoms with Crippen LogP contribution in [-0.4, -0.2) is 23.6 Å². The summed E-state index contributed by atoms with van der Waals surface area (Å²) in [6.45, 7) is 1.54. The van der Waals surface area contributed by atoms with Gasteiger partial charge in [-0.05, 0) is 18.1 Å². The van der Waals surface area contributed by atoms with E-state index in [9.17, 15) is 0 Å². The van der Waals surface area contributed by atoms with E-state index in [1.807, 2.05) is 18.6 Å². The fourth-order valence-electron chi connectivity index (χ4n) is 1.47. The van der Waals surface area contributed by atoms with Crippen LogP contribution >= 0.6 is 11.3 Å². The largest absolute Gasteiger partial charge is 0.367 e. The number of aromatic amines is 1. The normalized spacial score (nSPS) is 10.6. The summed E-state index contributed by atoms with van der Waals surface area (Å²) in [4.78, 5) is 10.7. The highest BCUT2D eigenvalue weighted by Gasteiger charge is 2.06. The maximum absolute atomic E-state index is 5.56. The van der Waals surface area contributed by atoms with Crippen LogP contribution in [0.3, 0.4) is 0 Å². The van der Waals surface area contributed by atoms with Crippen molar-refractivity contribution in [1.82, 2.24) is 9.97 Å². The second-order valence-electron chi connectivity index (χ2n) is 3.70. The van der Waals surface area contributed by atoms with Crippen LogP contribution in [0.15, 0.2) is 24.7 Å². The van der Waals surface area contributed by atoms with Gasteiger partial charge in [0.15, 0.2) is 5.13 Å². The first-order chi connectivity index (χ1) is 7.79. The van der Waals surface area contributed by atoms with Crippen molar-refractivity contribution in [2.45, 2.75) is 13.0 Å². The van der Waals surface area contributed by atoms with Gasteiger partial charge in [-0.3, -0.25) is 0 Å². The molecule has 0 fully saturated rings. The highest BCUT2D eigenvalue weighted by Crippen LogP contribution is 2.20. The molecule has 0 unspecified atom stereocenters. The molecule has 3 N–H and O–H groups in total. The van der Waals surface area contributed by atoms with E-state index in [-0.39, 0.29) is 0 Å². The molecule has 2 rings (SSSR count). The van der Waals surface area contributed by atoms with Crippen LogP contribution in [0.1, 0.15) is 10.4 Å². The van der Waals surface area contributed by atoms with Crippen molar-refractivity contribution in [2.24, 2.45) is 5.73 Å². The topological polar surface area (TPSA) is 57.9 Å². The van der Waals surface area contributed by atoms with Gasteiger partial charge in [-0.1, -0.05) is 0 Å². The molecular formula is C11H16N4S. The molecule has 0 saturated heterocycles. The standard InChI is InChI=1S/C11H16N4S/c1-15(5-3-9-2-4-13-7-9)11-14-8-10(6-12)16-11/h2,4,7-8,13H,3,5-6,12H2,1H3. The van der Waals surface area contributed by atoms with Crippen LogP contribution in [0.4, 0.5) is 5.13 Å². The molecule has 86 valence electrons. The van der Waals surface area contributed by atoms with Crippen LogP contribution in [0.25, 0.3) is 0 Å².